The lowest BCUT2D eigenvalue weighted by Crippen LogP contribution is -2.36. The smallest absolute Gasteiger partial charge is 0.378 e. The van der Waals surface area contributed by atoms with Gasteiger partial charge in [-0.15, -0.1) is 0 Å². The number of ether oxygens (including phenoxy) is 1. The first-order chi connectivity index (χ1) is 15.3. The van der Waals surface area contributed by atoms with Crippen LogP contribution >= 0.6 is 0 Å². The maximum Gasteiger partial charge on any atom is 0.435 e. The van der Waals surface area contributed by atoms with Crippen LogP contribution in [0.25, 0.3) is 6.08 Å². The summed E-state index contributed by atoms with van der Waals surface area (Å²) in [6.07, 6.45) is -3.87. The number of non-ortho nitro benzene ring substituents is 1. The molecule has 1 saturated heterocycles. The average molecular weight is 446 g/mol. The number of benzene rings is 2. The predicted molar refractivity (Wildman–Crippen MR) is 112 cm³/mol. The maximum absolute atomic E-state index is 13.8. The fraction of sp³-hybridized carbons (Fsp3) is 0.238. The monoisotopic (exact) mass is 446 g/mol. The predicted octanol–water partition coefficient (Wildman–Crippen LogP) is 3.78. The minimum atomic E-state index is -4.90. The summed E-state index contributed by atoms with van der Waals surface area (Å²) in [7, 11) is 0. The van der Waals surface area contributed by atoms with Gasteiger partial charge in [0.1, 0.15) is 0 Å². The van der Waals surface area contributed by atoms with Crippen LogP contribution in [0.15, 0.2) is 59.2 Å². The lowest BCUT2D eigenvalue weighted by Gasteiger charge is -2.30. The van der Waals surface area contributed by atoms with Gasteiger partial charge in [-0.3, -0.25) is 14.9 Å². The Hall–Kier alpha value is -3.73. The van der Waals surface area contributed by atoms with Crippen molar-refractivity contribution in [2.24, 2.45) is 5.10 Å². The number of amides is 1. The highest BCUT2D eigenvalue weighted by molar-refractivity contribution is 6.34. The molecule has 2 aromatic carbocycles. The van der Waals surface area contributed by atoms with E-state index in [9.17, 15) is 28.1 Å². The molecule has 166 valence electrons. The number of nitrogens with zero attached hydrogens (tertiary/aromatic N) is 4. The molecule has 0 atom stereocenters. The topological polar surface area (TPSA) is 88.3 Å². The largest absolute Gasteiger partial charge is 0.435 e. The first-order valence-electron chi connectivity index (χ1n) is 9.64. The Morgan fingerprint density at radius 3 is 2.41 bits per heavy atom. The van der Waals surface area contributed by atoms with Gasteiger partial charge in [-0.25, -0.2) is 0 Å². The van der Waals surface area contributed by atoms with E-state index in [0.717, 1.165) is 12.1 Å². The number of carbonyl (C=O) groups excluding carboxylic acids is 1. The number of para-hydroxylation sites is 1. The zero-order valence-electron chi connectivity index (χ0n) is 16.6. The van der Waals surface area contributed by atoms with E-state index in [-0.39, 0.29) is 16.9 Å². The molecule has 0 saturated carbocycles. The molecule has 32 heavy (non-hydrogen) atoms. The van der Waals surface area contributed by atoms with Crippen molar-refractivity contribution in [3.8, 4) is 0 Å². The van der Waals surface area contributed by atoms with Gasteiger partial charge in [0.25, 0.3) is 11.6 Å². The van der Waals surface area contributed by atoms with Crippen LogP contribution in [0.1, 0.15) is 5.56 Å². The van der Waals surface area contributed by atoms with E-state index in [2.05, 4.69) is 5.10 Å². The molecule has 0 aromatic heterocycles. The molecule has 2 aliphatic rings. The molecule has 0 radical (unpaired) electrons. The molecule has 0 unspecified atom stereocenters. The second kappa shape index (κ2) is 8.42. The van der Waals surface area contributed by atoms with Gasteiger partial charge < -0.3 is 9.64 Å². The summed E-state index contributed by atoms with van der Waals surface area (Å²) in [5.41, 5.74) is -1.57. The van der Waals surface area contributed by atoms with Crippen molar-refractivity contribution in [3.05, 3.63) is 69.8 Å². The third-order valence-corrected chi connectivity index (χ3v) is 5.02. The number of morpholine rings is 1. The Morgan fingerprint density at radius 1 is 1.09 bits per heavy atom. The van der Waals surface area contributed by atoms with Crippen LogP contribution in [0.4, 0.5) is 30.2 Å². The van der Waals surface area contributed by atoms with E-state index in [1.165, 1.54) is 24.3 Å². The molecule has 0 N–H and O–H groups in total. The SMILES string of the molecule is O=C1/C(=C\c2cc([N+](=O)[O-])ccc2N2CCOCC2)C(C(F)(F)F)=NN1c1ccccc1. The van der Waals surface area contributed by atoms with Gasteiger partial charge in [0.2, 0.25) is 0 Å². The average Bonchev–Trinajstić information content (AvgIpc) is 3.11. The van der Waals surface area contributed by atoms with E-state index in [4.69, 9.17) is 4.74 Å². The summed E-state index contributed by atoms with van der Waals surface area (Å²) in [5, 5.41) is 15.5. The van der Waals surface area contributed by atoms with Crippen LogP contribution in [0.3, 0.4) is 0 Å². The molecule has 0 aliphatic carbocycles. The van der Waals surface area contributed by atoms with Gasteiger partial charge in [-0.05, 0) is 24.3 Å². The summed E-state index contributed by atoms with van der Waals surface area (Å²) in [6.45, 7) is 1.72. The lowest BCUT2D eigenvalue weighted by atomic mass is 10.0. The Bertz CT molecular complexity index is 1110. The van der Waals surface area contributed by atoms with Gasteiger partial charge in [0, 0.05) is 36.5 Å². The summed E-state index contributed by atoms with van der Waals surface area (Å²) < 4.78 is 46.6. The zero-order chi connectivity index (χ0) is 22.9. The highest BCUT2D eigenvalue weighted by Crippen LogP contribution is 2.35. The van der Waals surface area contributed by atoms with Crippen LogP contribution in [0.5, 0.6) is 0 Å². The minimum absolute atomic E-state index is 0.122. The number of alkyl halides is 3. The van der Waals surface area contributed by atoms with Gasteiger partial charge in [0.15, 0.2) is 5.71 Å². The van der Waals surface area contributed by atoms with Crippen molar-refractivity contribution in [2.75, 3.05) is 36.2 Å². The molecule has 2 aliphatic heterocycles. The zero-order valence-corrected chi connectivity index (χ0v) is 16.6. The number of rotatable bonds is 4. The normalized spacial score (nSPS) is 18.3. The fourth-order valence-electron chi connectivity index (χ4n) is 3.52. The number of carbonyl (C=O) groups is 1. The number of halogens is 3. The van der Waals surface area contributed by atoms with Crippen molar-refractivity contribution < 1.29 is 27.6 Å². The van der Waals surface area contributed by atoms with Crippen LogP contribution in [-0.2, 0) is 9.53 Å². The van der Waals surface area contributed by atoms with Crippen molar-refractivity contribution >= 4 is 34.8 Å². The molecule has 0 spiro atoms. The highest BCUT2D eigenvalue weighted by atomic mass is 19.4. The van der Waals surface area contributed by atoms with Crippen molar-refractivity contribution in [1.82, 2.24) is 0 Å². The second-order valence-corrected chi connectivity index (χ2v) is 7.06. The molecule has 1 amide bonds. The number of nitro benzene ring substituents is 1. The summed E-state index contributed by atoms with van der Waals surface area (Å²) >= 11 is 0. The molecule has 4 rings (SSSR count). The summed E-state index contributed by atoms with van der Waals surface area (Å²) in [5.74, 6) is -0.969. The van der Waals surface area contributed by atoms with Crippen LogP contribution in [0.2, 0.25) is 0 Å². The fourth-order valence-corrected chi connectivity index (χ4v) is 3.52. The van der Waals surface area contributed by atoms with Crippen molar-refractivity contribution in [3.63, 3.8) is 0 Å². The third kappa shape index (κ3) is 4.19. The first-order valence-corrected chi connectivity index (χ1v) is 9.64. The molecule has 11 heteroatoms. The second-order valence-electron chi connectivity index (χ2n) is 7.06. The summed E-state index contributed by atoms with van der Waals surface area (Å²) in [4.78, 5) is 25.4. The number of nitro groups is 1. The van der Waals surface area contributed by atoms with E-state index in [0.29, 0.717) is 37.0 Å². The Balaban J connectivity index is 1.83. The molecule has 1 fully saturated rings. The number of anilines is 2. The van der Waals surface area contributed by atoms with Crippen molar-refractivity contribution in [1.29, 1.82) is 0 Å². The Labute approximate surface area is 180 Å². The van der Waals surface area contributed by atoms with Gasteiger partial charge in [-0.1, -0.05) is 18.2 Å². The Morgan fingerprint density at radius 2 is 1.78 bits per heavy atom. The first kappa shape index (κ1) is 21.5. The number of hydrogen-bond acceptors (Lipinski definition) is 6. The van der Waals surface area contributed by atoms with Gasteiger partial charge in [0.05, 0.1) is 29.4 Å². The maximum atomic E-state index is 13.8. The third-order valence-electron chi connectivity index (χ3n) is 5.02. The quantitative estimate of drug-likeness (QED) is 0.405. The van der Waals surface area contributed by atoms with E-state index >= 15 is 0 Å². The van der Waals surface area contributed by atoms with Crippen molar-refractivity contribution in [2.45, 2.75) is 6.18 Å². The standard InChI is InChI=1S/C21H17F3N4O4/c22-21(23,24)19-17(20(29)27(25-19)15-4-2-1-3-5-15)13-14-12-16(28(30)31)6-7-18(14)26-8-10-32-11-9-26/h1-7,12-13H,8-11H2/b17-13-. The molecule has 0 bridgehead atoms. The Kier molecular flexibility index (Phi) is 5.66. The lowest BCUT2D eigenvalue weighted by molar-refractivity contribution is -0.384. The van der Waals surface area contributed by atoms with Crippen LogP contribution in [0, 0.1) is 10.1 Å². The number of hydrogen-bond donors (Lipinski definition) is 0. The van der Waals surface area contributed by atoms with Crippen LogP contribution in [-0.4, -0.2) is 49.0 Å². The van der Waals surface area contributed by atoms with E-state index in [1.54, 1.807) is 18.2 Å². The van der Waals surface area contributed by atoms with Crippen LogP contribution < -0.4 is 9.91 Å². The highest BCUT2D eigenvalue weighted by Gasteiger charge is 2.47. The van der Waals surface area contributed by atoms with E-state index in [1.807, 2.05) is 4.90 Å². The molecular weight excluding hydrogens is 429 g/mol. The molecule has 8 nitrogen and oxygen atoms in total. The molecule has 2 aromatic rings. The van der Waals surface area contributed by atoms with Gasteiger partial charge in [-0.2, -0.15) is 23.3 Å². The molecular formula is C21H17F3N4O4. The molecule has 2 heterocycles. The van der Waals surface area contributed by atoms with Gasteiger partial charge >= 0.3 is 6.18 Å². The van der Waals surface area contributed by atoms with E-state index < -0.39 is 28.3 Å². The number of hydrazone groups is 1. The minimum Gasteiger partial charge on any atom is -0.378 e. The summed E-state index contributed by atoms with van der Waals surface area (Å²) in [6, 6.07) is 11.6.